The second kappa shape index (κ2) is 12.3. The van der Waals surface area contributed by atoms with E-state index in [0.717, 1.165) is 30.0 Å². The summed E-state index contributed by atoms with van der Waals surface area (Å²) in [5, 5.41) is 9.25. The van der Waals surface area contributed by atoms with Gasteiger partial charge in [0, 0.05) is 5.92 Å². The minimum Gasteiger partial charge on any atom is -0.158 e. The van der Waals surface area contributed by atoms with E-state index in [4.69, 9.17) is 5.10 Å². The minimum atomic E-state index is 0.517. The zero-order chi connectivity index (χ0) is 21.0. The lowest BCUT2D eigenvalue weighted by atomic mass is 9.76. The molecule has 0 bridgehead atoms. The average Bonchev–Trinajstić information content (AvgIpc) is 2.81. The van der Waals surface area contributed by atoms with E-state index in [1.165, 1.54) is 56.1 Å². The quantitative estimate of drug-likeness (QED) is 0.222. The average molecular weight is 401 g/mol. The molecule has 30 heavy (non-hydrogen) atoms. The van der Waals surface area contributed by atoms with E-state index in [-0.39, 0.29) is 0 Å². The van der Waals surface area contributed by atoms with Gasteiger partial charge in [-0.15, -0.1) is 6.58 Å². The van der Waals surface area contributed by atoms with E-state index in [1.807, 2.05) is 12.3 Å². The van der Waals surface area contributed by atoms with Gasteiger partial charge in [-0.3, -0.25) is 0 Å². The van der Waals surface area contributed by atoms with Crippen molar-refractivity contribution in [2.45, 2.75) is 64.7 Å². The number of nitrogens with zero attached hydrogens (tertiary/aromatic N) is 2. The molecule has 0 spiro atoms. The first-order chi connectivity index (χ1) is 14.8. The van der Waals surface area contributed by atoms with Crippen molar-refractivity contribution in [3.05, 3.63) is 83.9 Å². The number of allylic oxidation sites excluding steroid dienone is 1. The van der Waals surface area contributed by atoms with Gasteiger partial charge in [0.2, 0.25) is 0 Å². The zero-order valence-electron chi connectivity index (χ0n) is 18.5. The van der Waals surface area contributed by atoms with Crippen molar-refractivity contribution in [1.29, 1.82) is 0 Å². The van der Waals surface area contributed by atoms with Gasteiger partial charge in [-0.2, -0.15) is 10.2 Å². The molecule has 158 valence electrons. The van der Waals surface area contributed by atoms with Crippen molar-refractivity contribution in [3.63, 3.8) is 0 Å². The van der Waals surface area contributed by atoms with Crippen LogP contribution in [0.4, 0.5) is 0 Å². The molecule has 0 N–H and O–H groups in total. The first-order valence-corrected chi connectivity index (χ1v) is 11.7. The largest absolute Gasteiger partial charge is 0.158 e. The van der Waals surface area contributed by atoms with Crippen LogP contribution in [0.2, 0.25) is 0 Å². The van der Waals surface area contributed by atoms with Crippen LogP contribution in [-0.4, -0.2) is 11.9 Å². The Bertz CT molecular complexity index is 809. The predicted molar refractivity (Wildman–Crippen MR) is 131 cm³/mol. The van der Waals surface area contributed by atoms with Crippen molar-refractivity contribution in [2.75, 3.05) is 0 Å². The van der Waals surface area contributed by atoms with E-state index in [0.29, 0.717) is 5.92 Å². The summed E-state index contributed by atoms with van der Waals surface area (Å²) >= 11 is 0. The van der Waals surface area contributed by atoms with Crippen LogP contribution in [0.5, 0.6) is 0 Å². The summed E-state index contributed by atoms with van der Waals surface area (Å²) in [6.07, 6.45) is 15.1. The maximum absolute atomic E-state index is 4.74. The van der Waals surface area contributed by atoms with Gasteiger partial charge in [-0.1, -0.05) is 86.9 Å². The van der Waals surface area contributed by atoms with Gasteiger partial charge < -0.3 is 0 Å². The molecular formula is C28H36N2. The summed E-state index contributed by atoms with van der Waals surface area (Å²) in [6.45, 7) is 6.09. The summed E-state index contributed by atoms with van der Waals surface area (Å²) in [7, 11) is 0. The standard InChI is InChI=1S/C28H36N2/c1-3-5-10-23-14-16-25(17-15-23)22-29-30-28(26-12-8-7-9-13-26)27-20-18-24(19-21-27)11-6-4-2/h3,7-9,12-17,22,24,27H,1,4-6,10-11,18-21H2,2H3/t24-,27-. The summed E-state index contributed by atoms with van der Waals surface area (Å²) in [5.74, 6) is 1.42. The summed E-state index contributed by atoms with van der Waals surface area (Å²) in [5.41, 5.74) is 4.80. The Morgan fingerprint density at radius 3 is 2.40 bits per heavy atom. The molecule has 1 saturated carbocycles. The number of unbranched alkanes of at least 4 members (excludes halogenated alkanes) is 1. The molecule has 2 nitrogen and oxygen atoms in total. The summed E-state index contributed by atoms with van der Waals surface area (Å²) in [4.78, 5) is 0. The second-order valence-electron chi connectivity index (χ2n) is 8.52. The molecule has 3 rings (SSSR count). The molecule has 1 aliphatic carbocycles. The Morgan fingerprint density at radius 2 is 1.73 bits per heavy atom. The molecule has 0 saturated heterocycles. The molecule has 0 amide bonds. The molecule has 2 aromatic carbocycles. The number of benzene rings is 2. The Kier molecular flexibility index (Phi) is 9.08. The smallest absolute Gasteiger partial charge is 0.0733 e. The van der Waals surface area contributed by atoms with E-state index in [2.05, 4.69) is 73.2 Å². The highest BCUT2D eigenvalue weighted by molar-refractivity contribution is 6.02. The van der Waals surface area contributed by atoms with E-state index < -0.39 is 0 Å². The van der Waals surface area contributed by atoms with Crippen LogP contribution >= 0.6 is 0 Å². The lowest BCUT2D eigenvalue weighted by molar-refractivity contribution is 0.301. The van der Waals surface area contributed by atoms with Crippen LogP contribution in [0.25, 0.3) is 0 Å². The van der Waals surface area contributed by atoms with Crippen LogP contribution in [-0.2, 0) is 6.42 Å². The number of rotatable bonds is 10. The third-order valence-corrected chi connectivity index (χ3v) is 6.26. The summed E-state index contributed by atoms with van der Waals surface area (Å²) in [6, 6.07) is 19.2. The fourth-order valence-corrected chi connectivity index (χ4v) is 4.40. The molecule has 2 heteroatoms. The fourth-order valence-electron chi connectivity index (χ4n) is 4.40. The Morgan fingerprint density at radius 1 is 1.00 bits per heavy atom. The van der Waals surface area contributed by atoms with Crippen LogP contribution in [0, 0.1) is 11.8 Å². The van der Waals surface area contributed by atoms with E-state index in [1.54, 1.807) is 0 Å². The SMILES string of the molecule is C=CCCc1ccc(C=NN=C(c2ccccc2)[C@H]2CC[C@H](CCCC)CC2)cc1. The third-order valence-electron chi connectivity index (χ3n) is 6.26. The molecule has 1 fully saturated rings. The summed E-state index contributed by atoms with van der Waals surface area (Å²) < 4.78 is 0. The van der Waals surface area contributed by atoms with Crippen molar-refractivity contribution in [2.24, 2.45) is 22.0 Å². The van der Waals surface area contributed by atoms with Gasteiger partial charge in [0.15, 0.2) is 0 Å². The molecular weight excluding hydrogens is 364 g/mol. The zero-order valence-corrected chi connectivity index (χ0v) is 18.5. The molecule has 0 aromatic heterocycles. The maximum Gasteiger partial charge on any atom is 0.0733 e. The monoisotopic (exact) mass is 400 g/mol. The van der Waals surface area contributed by atoms with Crippen LogP contribution < -0.4 is 0 Å². The van der Waals surface area contributed by atoms with E-state index in [9.17, 15) is 0 Å². The highest BCUT2D eigenvalue weighted by Crippen LogP contribution is 2.34. The Hall–Kier alpha value is -2.48. The second-order valence-corrected chi connectivity index (χ2v) is 8.52. The molecule has 0 radical (unpaired) electrons. The number of hydrogen-bond acceptors (Lipinski definition) is 2. The highest BCUT2D eigenvalue weighted by Gasteiger charge is 2.25. The van der Waals surface area contributed by atoms with Crippen LogP contribution in [0.3, 0.4) is 0 Å². The van der Waals surface area contributed by atoms with Gasteiger partial charge in [0.25, 0.3) is 0 Å². The highest BCUT2D eigenvalue weighted by atomic mass is 15.2. The predicted octanol–water partition coefficient (Wildman–Crippen LogP) is 7.63. The van der Waals surface area contributed by atoms with Crippen LogP contribution in [0.1, 0.15) is 75.0 Å². The van der Waals surface area contributed by atoms with Gasteiger partial charge in [0.05, 0.1) is 11.9 Å². The molecule has 0 aliphatic heterocycles. The lowest BCUT2D eigenvalue weighted by Gasteiger charge is -2.29. The van der Waals surface area contributed by atoms with Crippen molar-refractivity contribution in [3.8, 4) is 0 Å². The molecule has 0 unspecified atom stereocenters. The van der Waals surface area contributed by atoms with Crippen molar-refractivity contribution in [1.82, 2.24) is 0 Å². The molecule has 0 heterocycles. The van der Waals surface area contributed by atoms with Gasteiger partial charge >= 0.3 is 0 Å². The lowest BCUT2D eigenvalue weighted by Crippen LogP contribution is -2.22. The van der Waals surface area contributed by atoms with Crippen LogP contribution in [0.15, 0.2) is 77.5 Å². The van der Waals surface area contributed by atoms with E-state index >= 15 is 0 Å². The molecule has 2 aromatic rings. The first kappa shape index (κ1) is 22.2. The fraction of sp³-hybridized carbons (Fsp3) is 0.429. The normalized spacial score (nSPS) is 19.8. The van der Waals surface area contributed by atoms with Gasteiger partial charge in [0.1, 0.15) is 0 Å². The Balaban J connectivity index is 1.69. The topological polar surface area (TPSA) is 24.7 Å². The Labute approximate surface area is 182 Å². The molecule has 1 aliphatic rings. The third kappa shape index (κ3) is 6.79. The van der Waals surface area contributed by atoms with Crippen molar-refractivity contribution < 1.29 is 0 Å². The number of hydrogen-bond donors (Lipinski definition) is 0. The first-order valence-electron chi connectivity index (χ1n) is 11.7. The molecule has 0 atom stereocenters. The van der Waals surface area contributed by atoms with Gasteiger partial charge in [-0.05, 0) is 61.1 Å². The maximum atomic E-state index is 4.74. The number of aryl methyl sites for hydroxylation is 1. The van der Waals surface area contributed by atoms with Gasteiger partial charge in [-0.25, -0.2) is 0 Å². The minimum absolute atomic E-state index is 0.517. The van der Waals surface area contributed by atoms with Crippen molar-refractivity contribution >= 4 is 11.9 Å².